The van der Waals surface area contributed by atoms with E-state index in [-0.39, 0.29) is 0 Å². The number of hydrogen-bond donors (Lipinski definition) is 0. The van der Waals surface area contributed by atoms with Crippen molar-refractivity contribution in [3.05, 3.63) is 40.9 Å². The van der Waals surface area contributed by atoms with E-state index < -0.39 is 5.97 Å². The third-order valence-corrected chi connectivity index (χ3v) is 2.04. The zero-order valence-electron chi connectivity index (χ0n) is 7.21. The van der Waals surface area contributed by atoms with Crippen LogP contribution in [0.2, 0.25) is 0 Å². The van der Waals surface area contributed by atoms with Gasteiger partial charge in [-0.3, -0.25) is 0 Å². The number of halogens is 1. The molecule has 68 valence electrons. The summed E-state index contributed by atoms with van der Waals surface area (Å²) in [6, 6.07) is 7.17. The fourth-order valence-electron chi connectivity index (χ4n) is 0.714. The number of rotatable bonds is 2. The number of esters is 1. The Bertz CT molecular complexity index is 345. The van der Waals surface area contributed by atoms with Gasteiger partial charge in [0.15, 0.2) is 0 Å². The van der Waals surface area contributed by atoms with E-state index in [0.717, 1.165) is 4.47 Å². The van der Waals surface area contributed by atoms with Gasteiger partial charge in [-0.05, 0) is 35.0 Å². The van der Waals surface area contributed by atoms with Crippen LogP contribution >= 0.6 is 15.9 Å². The highest BCUT2D eigenvalue weighted by atomic mass is 79.9. The first-order valence-corrected chi connectivity index (χ1v) is 4.53. The van der Waals surface area contributed by atoms with Gasteiger partial charge in [0.1, 0.15) is 5.75 Å². The minimum absolute atomic E-state index is 0.385. The molecule has 0 fully saturated rings. The lowest BCUT2D eigenvalue weighted by Crippen LogP contribution is -2.08. The molecule has 1 rings (SSSR count). The van der Waals surface area contributed by atoms with Gasteiger partial charge in [0.05, 0.1) is 4.47 Å². The quantitative estimate of drug-likeness (QED) is 0.452. The molecule has 0 atom stereocenters. The van der Waals surface area contributed by atoms with Crippen LogP contribution in [0.3, 0.4) is 0 Å². The molecule has 0 amide bonds. The lowest BCUT2D eigenvalue weighted by atomic mass is 10.3. The topological polar surface area (TPSA) is 26.3 Å². The summed E-state index contributed by atoms with van der Waals surface area (Å²) < 4.78 is 5.78. The van der Waals surface area contributed by atoms with Crippen LogP contribution in [0.1, 0.15) is 6.92 Å². The SMILES string of the molecule is C=C(C)C(=O)Oc1ccccc1Br. The summed E-state index contributed by atoms with van der Waals surface area (Å²) in [5.74, 6) is 0.0994. The van der Waals surface area contributed by atoms with Crippen molar-refractivity contribution in [2.24, 2.45) is 0 Å². The molecule has 2 nitrogen and oxygen atoms in total. The maximum Gasteiger partial charge on any atom is 0.338 e. The third kappa shape index (κ3) is 2.70. The largest absolute Gasteiger partial charge is 0.422 e. The van der Waals surface area contributed by atoms with Gasteiger partial charge in [-0.1, -0.05) is 18.7 Å². The molecule has 0 saturated heterocycles. The first-order chi connectivity index (χ1) is 6.11. The average Bonchev–Trinajstić information content (AvgIpc) is 2.08. The van der Waals surface area contributed by atoms with Crippen LogP contribution < -0.4 is 4.74 Å². The van der Waals surface area contributed by atoms with Gasteiger partial charge in [-0.15, -0.1) is 0 Å². The molecule has 1 aromatic rings. The molecule has 0 aliphatic carbocycles. The van der Waals surface area contributed by atoms with Gasteiger partial charge in [0.2, 0.25) is 0 Å². The smallest absolute Gasteiger partial charge is 0.338 e. The van der Waals surface area contributed by atoms with Gasteiger partial charge in [0.25, 0.3) is 0 Å². The maximum atomic E-state index is 11.1. The summed E-state index contributed by atoms with van der Waals surface area (Å²) in [5.41, 5.74) is 0.385. The number of ether oxygens (including phenoxy) is 1. The molecule has 0 saturated carbocycles. The fraction of sp³-hybridized carbons (Fsp3) is 0.100. The highest BCUT2D eigenvalue weighted by Gasteiger charge is 2.06. The van der Waals surface area contributed by atoms with Gasteiger partial charge < -0.3 is 4.74 Å². The van der Waals surface area contributed by atoms with Gasteiger partial charge in [0, 0.05) is 5.57 Å². The van der Waals surface area contributed by atoms with Crippen LogP contribution in [-0.2, 0) is 4.79 Å². The van der Waals surface area contributed by atoms with E-state index in [1.165, 1.54) is 0 Å². The molecule has 1 aromatic carbocycles. The number of hydrogen-bond acceptors (Lipinski definition) is 2. The summed E-state index contributed by atoms with van der Waals surface area (Å²) in [7, 11) is 0. The Labute approximate surface area is 85.3 Å². The second-order valence-electron chi connectivity index (χ2n) is 2.60. The highest BCUT2D eigenvalue weighted by Crippen LogP contribution is 2.24. The van der Waals surface area contributed by atoms with Crippen molar-refractivity contribution in [3.63, 3.8) is 0 Å². The minimum Gasteiger partial charge on any atom is -0.422 e. The normalized spacial score (nSPS) is 9.38. The summed E-state index contributed by atoms with van der Waals surface area (Å²) in [6.07, 6.45) is 0. The van der Waals surface area contributed by atoms with Crippen LogP contribution in [0.25, 0.3) is 0 Å². The Morgan fingerprint density at radius 2 is 2.08 bits per heavy atom. The Morgan fingerprint density at radius 1 is 1.46 bits per heavy atom. The van der Waals surface area contributed by atoms with E-state index in [4.69, 9.17) is 4.74 Å². The van der Waals surface area contributed by atoms with Crippen molar-refractivity contribution in [3.8, 4) is 5.75 Å². The third-order valence-electron chi connectivity index (χ3n) is 1.39. The summed E-state index contributed by atoms with van der Waals surface area (Å²) in [5, 5.41) is 0. The van der Waals surface area contributed by atoms with E-state index in [2.05, 4.69) is 22.5 Å². The van der Waals surface area contributed by atoms with Gasteiger partial charge in [-0.25, -0.2) is 4.79 Å². The van der Waals surface area contributed by atoms with E-state index in [1.807, 2.05) is 6.07 Å². The van der Waals surface area contributed by atoms with Crippen LogP contribution in [0, 0.1) is 0 Å². The molecular weight excluding hydrogens is 232 g/mol. The van der Waals surface area contributed by atoms with Crippen LogP contribution in [0.15, 0.2) is 40.9 Å². The number of para-hydroxylation sites is 1. The molecule has 0 N–H and O–H groups in total. The summed E-state index contributed by atoms with van der Waals surface area (Å²) in [4.78, 5) is 11.1. The Morgan fingerprint density at radius 3 is 2.62 bits per heavy atom. The molecule has 0 aliphatic heterocycles. The molecule has 0 radical (unpaired) electrons. The number of benzene rings is 1. The Balaban J connectivity index is 2.81. The van der Waals surface area contributed by atoms with Crippen molar-refractivity contribution in [1.82, 2.24) is 0 Å². The van der Waals surface area contributed by atoms with Crippen molar-refractivity contribution in [2.75, 3.05) is 0 Å². The highest BCUT2D eigenvalue weighted by molar-refractivity contribution is 9.10. The molecule has 0 bridgehead atoms. The summed E-state index contributed by atoms with van der Waals surface area (Å²) >= 11 is 3.27. The molecule has 3 heteroatoms. The second kappa shape index (κ2) is 4.23. The van der Waals surface area contributed by atoms with Crippen molar-refractivity contribution in [2.45, 2.75) is 6.92 Å². The Hall–Kier alpha value is -1.09. The fourth-order valence-corrected chi connectivity index (χ4v) is 1.08. The van der Waals surface area contributed by atoms with Crippen molar-refractivity contribution < 1.29 is 9.53 Å². The molecule has 0 aromatic heterocycles. The standard InChI is InChI=1S/C10H9BrO2/c1-7(2)10(12)13-9-6-4-3-5-8(9)11/h3-6H,1H2,2H3. The first kappa shape index (κ1) is 9.99. The Kier molecular flexibility index (Phi) is 3.25. The van der Waals surface area contributed by atoms with Crippen LogP contribution in [0.5, 0.6) is 5.75 Å². The summed E-state index contributed by atoms with van der Waals surface area (Å²) in [6.45, 7) is 5.10. The average molecular weight is 241 g/mol. The molecule has 0 aliphatic rings. The van der Waals surface area contributed by atoms with Gasteiger partial charge >= 0.3 is 5.97 Å². The minimum atomic E-state index is -0.410. The zero-order valence-corrected chi connectivity index (χ0v) is 8.80. The molecular formula is C10H9BrO2. The van der Waals surface area contributed by atoms with Crippen LogP contribution in [-0.4, -0.2) is 5.97 Å². The van der Waals surface area contributed by atoms with Crippen LogP contribution in [0.4, 0.5) is 0 Å². The maximum absolute atomic E-state index is 11.1. The lowest BCUT2D eigenvalue weighted by Gasteiger charge is -2.04. The predicted molar refractivity (Wildman–Crippen MR) is 54.6 cm³/mol. The van der Waals surface area contributed by atoms with E-state index >= 15 is 0 Å². The number of carbonyl (C=O) groups excluding carboxylic acids is 1. The van der Waals surface area contributed by atoms with E-state index in [9.17, 15) is 4.79 Å². The molecule has 0 unspecified atom stereocenters. The zero-order chi connectivity index (χ0) is 9.84. The molecule has 0 spiro atoms. The molecule has 0 heterocycles. The van der Waals surface area contributed by atoms with Crippen molar-refractivity contribution in [1.29, 1.82) is 0 Å². The van der Waals surface area contributed by atoms with Crippen molar-refractivity contribution >= 4 is 21.9 Å². The van der Waals surface area contributed by atoms with E-state index in [1.54, 1.807) is 25.1 Å². The molecule has 13 heavy (non-hydrogen) atoms. The predicted octanol–water partition coefficient (Wildman–Crippen LogP) is 2.93. The number of carbonyl (C=O) groups is 1. The van der Waals surface area contributed by atoms with Gasteiger partial charge in [-0.2, -0.15) is 0 Å². The lowest BCUT2D eigenvalue weighted by molar-refractivity contribution is -0.130. The first-order valence-electron chi connectivity index (χ1n) is 3.73. The monoisotopic (exact) mass is 240 g/mol. The second-order valence-corrected chi connectivity index (χ2v) is 3.45. The van der Waals surface area contributed by atoms with E-state index in [0.29, 0.717) is 11.3 Å².